The quantitative estimate of drug-likeness (QED) is 0.652. The van der Waals surface area contributed by atoms with Crippen LogP contribution in [0.3, 0.4) is 0 Å². The van der Waals surface area contributed by atoms with E-state index in [2.05, 4.69) is 9.97 Å². The number of aromatic amines is 1. The summed E-state index contributed by atoms with van der Waals surface area (Å²) in [6.07, 6.45) is 5.44. The maximum atomic E-state index is 5.45. The Morgan fingerprint density at radius 2 is 2.60 bits per heavy atom. The number of alkyl halides is 1. The number of hydrogen-bond donors (Lipinski definition) is 1. The lowest BCUT2D eigenvalue weighted by atomic mass is 10.3. The average molecular weight is 157 g/mol. The molecule has 0 bridgehead atoms. The fraction of sp³-hybridized carbons (Fsp3) is 0.286. The second-order valence-corrected chi connectivity index (χ2v) is 2.28. The molecule has 0 fully saturated rings. The molecule has 10 heavy (non-hydrogen) atoms. The van der Waals surface area contributed by atoms with Crippen LogP contribution in [0.25, 0.3) is 6.08 Å². The summed E-state index contributed by atoms with van der Waals surface area (Å²) in [7, 11) is 0. The normalized spacial score (nSPS) is 11.0. The lowest BCUT2D eigenvalue weighted by Crippen LogP contribution is -1.75. The number of halogens is 1. The summed E-state index contributed by atoms with van der Waals surface area (Å²) in [6, 6.07) is 0. The standard InChI is InChI=1S/C7H9ClN2/c1-6-7(3-2-4-8)10-5-9-6/h2-3,5H,4H2,1H3,(H,9,10). The van der Waals surface area contributed by atoms with E-state index in [0.29, 0.717) is 5.88 Å². The molecule has 0 radical (unpaired) electrons. The number of rotatable bonds is 2. The molecule has 0 spiro atoms. The van der Waals surface area contributed by atoms with Gasteiger partial charge in [-0.25, -0.2) is 4.98 Å². The van der Waals surface area contributed by atoms with Gasteiger partial charge in [0.15, 0.2) is 0 Å². The predicted octanol–water partition coefficient (Wildman–Crippen LogP) is 1.97. The molecule has 0 aliphatic carbocycles. The van der Waals surface area contributed by atoms with Crippen LogP contribution in [0, 0.1) is 6.92 Å². The molecular weight excluding hydrogens is 148 g/mol. The fourth-order valence-corrected chi connectivity index (χ4v) is 0.783. The Kier molecular flexibility index (Phi) is 2.51. The smallest absolute Gasteiger partial charge is 0.0929 e. The monoisotopic (exact) mass is 156 g/mol. The third-order valence-corrected chi connectivity index (χ3v) is 1.41. The Balaban J connectivity index is 2.74. The van der Waals surface area contributed by atoms with Gasteiger partial charge >= 0.3 is 0 Å². The summed E-state index contributed by atoms with van der Waals surface area (Å²) in [4.78, 5) is 7.02. The molecule has 0 aromatic carbocycles. The van der Waals surface area contributed by atoms with Crippen LogP contribution in [0.5, 0.6) is 0 Å². The van der Waals surface area contributed by atoms with Crippen molar-refractivity contribution in [3.63, 3.8) is 0 Å². The number of hydrogen-bond acceptors (Lipinski definition) is 1. The molecule has 0 atom stereocenters. The van der Waals surface area contributed by atoms with Crippen molar-refractivity contribution in [1.82, 2.24) is 9.97 Å². The van der Waals surface area contributed by atoms with Gasteiger partial charge in [0.2, 0.25) is 0 Å². The second-order valence-electron chi connectivity index (χ2n) is 1.97. The van der Waals surface area contributed by atoms with Crippen LogP contribution in [0.1, 0.15) is 11.4 Å². The summed E-state index contributed by atoms with van der Waals surface area (Å²) in [6.45, 7) is 1.97. The first-order valence-corrected chi connectivity index (χ1v) is 3.60. The topological polar surface area (TPSA) is 28.7 Å². The zero-order chi connectivity index (χ0) is 7.40. The number of imidazole rings is 1. The van der Waals surface area contributed by atoms with Gasteiger partial charge in [0, 0.05) is 11.6 Å². The Morgan fingerprint density at radius 1 is 1.80 bits per heavy atom. The van der Waals surface area contributed by atoms with E-state index >= 15 is 0 Å². The third-order valence-electron chi connectivity index (χ3n) is 1.23. The molecule has 54 valence electrons. The van der Waals surface area contributed by atoms with E-state index in [1.807, 2.05) is 19.1 Å². The van der Waals surface area contributed by atoms with Crippen LogP contribution in [0.2, 0.25) is 0 Å². The molecular formula is C7H9ClN2. The maximum Gasteiger partial charge on any atom is 0.0929 e. The van der Waals surface area contributed by atoms with Gasteiger partial charge in [-0.15, -0.1) is 11.6 Å². The molecule has 0 unspecified atom stereocenters. The highest BCUT2D eigenvalue weighted by Crippen LogP contribution is 2.02. The number of H-pyrrole nitrogens is 1. The van der Waals surface area contributed by atoms with Gasteiger partial charge in [0.1, 0.15) is 0 Å². The molecule has 0 aliphatic rings. The summed E-state index contributed by atoms with van der Waals surface area (Å²) < 4.78 is 0. The molecule has 2 nitrogen and oxygen atoms in total. The van der Waals surface area contributed by atoms with Gasteiger partial charge in [-0.1, -0.05) is 6.08 Å². The first-order valence-electron chi connectivity index (χ1n) is 3.07. The van der Waals surface area contributed by atoms with Crippen molar-refractivity contribution in [3.8, 4) is 0 Å². The molecule has 3 heteroatoms. The highest BCUT2D eigenvalue weighted by Gasteiger charge is 1.92. The SMILES string of the molecule is Cc1[nH]cnc1C=CCCl. The Morgan fingerprint density at radius 3 is 3.10 bits per heavy atom. The number of allylic oxidation sites excluding steroid dienone is 1. The lowest BCUT2D eigenvalue weighted by molar-refractivity contribution is 1.25. The van der Waals surface area contributed by atoms with E-state index in [9.17, 15) is 0 Å². The number of nitrogens with one attached hydrogen (secondary N) is 1. The van der Waals surface area contributed by atoms with Gasteiger partial charge in [0.25, 0.3) is 0 Å². The van der Waals surface area contributed by atoms with Crippen molar-refractivity contribution in [2.24, 2.45) is 0 Å². The first kappa shape index (κ1) is 7.35. The van der Waals surface area contributed by atoms with Crippen molar-refractivity contribution in [2.75, 3.05) is 5.88 Å². The molecule has 0 amide bonds. The van der Waals surface area contributed by atoms with Crippen molar-refractivity contribution in [2.45, 2.75) is 6.92 Å². The molecule has 0 saturated heterocycles. The Labute approximate surface area is 64.9 Å². The minimum absolute atomic E-state index is 0.534. The van der Waals surface area contributed by atoms with E-state index in [-0.39, 0.29) is 0 Å². The van der Waals surface area contributed by atoms with Crippen LogP contribution in [0.15, 0.2) is 12.4 Å². The number of aryl methyl sites for hydroxylation is 1. The molecule has 0 saturated carbocycles. The highest BCUT2D eigenvalue weighted by molar-refractivity contribution is 6.19. The predicted molar refractivity (Wildman–Crippen MR) is 43.1 cm³/mol. The first-order chi connectivity index (χ1) is 4.84. The van der Waals surface area contributed by atoms with Crippen molar-refractivity contribution in [1.29, 1.82) is 0 Å². The van der Waals surface area contributed by atoms with Crippen molar-refractivity contribution < 1.29 is 0 Å². The van der Waals surface area contributed by atoms with Crippen molar-refractivity contribution in [3.05, 3.63) is 23.8 Å². The third kappa shape index (κ3) is 1.61. The van der Waals surface area contributed by atoms with Gasteiger partial charge < -0.3 is 4.98 Å². The van der Waals surface area contributed by atoms with E-state index in [1.54, 1.807) is 6.33 Å². The minimum atomic E-state index is 0.534. The zero-order valence-electron chi connectivity index (χ0n) is 5.76. The average Bonchev–Trinajstić information content (AvgIpc) is 2.31. The summed E-state index contributed by atoms with van der Waals surface area (Å²) >= 11 is 5.45. The highest BCUT2D eigenvalue weighted by atomic mass is 35.5. The van der Waals surface area contributed by atoms with E-state index in [4.69, 9.17) is 11.6 Å². The van der Waals surface area contributed by atoms with Crippen LogP contribution in [-0.2, 0) is 0 Å². The van der Waals surface area contributed by atoms with E-state index < -0.39 is 0 Å². The molecule has 1 rings (SSSR count). The fourth-order valence-electron chi connectivity index (χ4n) is 0.694. The summed E-state index contributed by atoms with van der Waals surface area (Å²) in [5.74, 6) is 0.534. The van der Waals surface area contributed by atoms with Crippen LogP contribution in [-0.4, -0.2) is 15.8 Å². The van der Waals surface area contributed by atoms with E-state index in [1.165, 1.54) is 0 Å². The molecule has 1 N–H and O–H groups in total. The summed E-state index contributed by atoms with van der Waals surface area (Å²) in [5, 5.41) is 0. The largest absolute Gasteiger partial charge is 0.348 e. The summed E-state index contributed by atoms with van der Waals surface area (Å²) in [5.41, 5.74) is 2.03. The Hall–Kier alpha value is -0.760. The van der Waals surface area contributed by atoms with Gasteiger partial charge in [0.05, 0.1) is 12.0 Å². The Bertz CT molecular complexity index is 227. The van der Waals surface area contributed by atoms with Gasteiger partial charge in [-0.3, -0.25) is 0 Å². The molecule has 1 aromatic rings. The zero-order valence-corrected chi connectivity index (χ0v) is 6.52. The number of aromatic nitrogens is 2. The second kappa shape index (κ2) is 3.42. The van der Waals surface area contributed by atoms with Crippen molar-refractivity contribution >= 4 is 17.7 Å². The molecule has 1 aromatic heterocycles. The maximum absolute atomic E-state index is 5.45. The minimum Gasteiger partial charge on any atom is -0.348 e. The lowest BCUT2D eigenvalue weighted by Gasteiger charge is -1.84. The van der Waals surface area contributed by atoms with Crippen LogP contribution < -0.4 is 0 Å². The molecule has 0 aliphatic heterocycles. The number of nitrogens with zero attached hydrogens (tertiary/aromatic N) is 1. The van der Waals surface area contributed by atoms with Gasteiger partial charge in [-0.05, 0) is 13.0 Å². The van der Waals surface area contributed by atoms with Crippen LogP contribution in [0.4, 0.5) is 0 Å². The van der Waals surface area contributed by atoms with E-state index in [0.717, 1.165) is 11.4 Å². The van der Waals surface area contributed by atoms with Gasteiger partial charge in [-0.2, -0.15) is 0 Å². The van der Waals surface area contributed by atoms with Crippen LogP contribution >= 0.6 is 11.6 Å². The molecule has 1 heterocycles.